The quantitative estimate of drug-likeness (QED) is 0.812. The topological polar surface area (TPSA) is 75.3 Å². The third-order valence-electron chi connectivity index (χ3n) is 4.93. The van der Waals surface area contributed by atoms with Gasteiger partial charge in [0.15, 0.2) is 0 Å². The molecule has 2 N–H and O–H groups in total. The molecule has 2 aromatic rings. The number of carbonyl (C=O) groups is 1. The molecule has 0 bridgehead atoms. The lowest BCUT2D eigenvalue weighted by Crippen LogP contribution is -2.41. The van der Waals surface area contributed by atoms with Crippen LogP contribution >= 0.6 is 0 Å². The first-order valence-corrected chi connectivity index (χ1v) is 10.5. The van der Waals surface area contributed by atoms with Crippen LogP contribution in [-0.4, -0.2) is 20.4 Å². The van der Waals surface area contributed by atoms with Crippen LogP contribution in [0.4, 0.5) is 10.1 Å². The van der Waals surface area contributed by atoms with Gasteiger partial charge in [0.25, 0.3) is 15.9 Å². The number of sulfonamides is 1. The minimum atomic E-state index is -3.88. The fourth-order valence-corrected chi connectivity index (χ4v) is 4.42. The summed E-state index contributed by atoms with van der Waals surface area (Å²) < 4.78 is 40.5. The largest absolute Gasteiger partial charge is 0.349 e. The Morgan fingerprint density at radius 3 is 2.48 bits per heavy atom. The van der Waals surface area contributed by atoms with E-state index in [1.54, 1.807) is 12.1 Å². The highest BCUT2D eigenvalue weighted by atomic mass is 32.2. The third kappa shape index (κ3) is 4.86. The SMILES string of the molecule is C[C@@H]1CCCC[C@@H]1NC(=O)c1cccc(S(=O)(=O)Nc2ccc(F)cc2)c1. The highest BCUT2D eigenvalue weighted by molar-refractivity contribution is 7.92. The predicted molar refractivity (Wildman–Crippen MR) is 103 cm³/mol. The Hall–Kier alpha value is -2.41. The minimum Gasteiger partial charge on any atom is -0.349 e. The maximum absolute atomic E-state index is 13.0. The molecule has 2 atom stereocenters. The molecule has 1 saturated carbocycles. The summed E-state index contributed by atoms with van der Waals surface area (Å²) in [5, 5.41) is 3.02. The van der Waals surface area contributed by atoms with E-state index in [1.165, 1.54) is 42.8 Å². The highest BCUT2D eigenvalue weighted by Crippen LogP contribution is 2.24. The van der Waals surface area contributed by atoms with Gasteiger partial charge in [0.05, 0.1) is 4.90 Å². The molecule has 0 heterocycles. The number of hydrogen-bond acceptors (Lipinski definition) is 3. The second-order valence-corrected chi connectivity index (χ2v) is 8.66. The molecule has 0 aliphatic heterocycles. The minimum absolute atomic E-state index is 0.0174. The third-order valence-corrected chi connectivity index (χ3v) is 6.31. The number of carbonyl (C=O) groups excluding carboxylic acids is 1. The van der Waals surface area contributed by atoms with Crippen LogP contribution in [0.5, 0.6) is 0 Å². The van der Waals surface area contributed by atoms with Crippen LogP contribution in [-0.2, 0) is 10.0 Å². The summed E-state index contributed by atoms with van der Waals surface area (Å²) in [6.45, 7) is 2.12. The van der Waals surface area contributed by atoms with Crippen LogP contribution in [0.2, 0.25) is 0 Å². The van der Waals surface area contributed by atoms with Crippen LogP contribution in [0.15, 0.2) is 53.4 Å². The van der Waals surface area contributed by atoms with Crippen LogP contribution in [0.1, 0.15) is 43.0 Å². The van der Waals surface area contributed by atoms with Crippen molar-refractivity contribution in [1.82, 2.24) is 5.32 Å². The van der Waals surface area contributed by atoms with Gasteiger partial charge in [-0.25, -0.2) is 12.8 Å². The molecule has 0 saturated heterocycles. The van der Waals surface area contributed by atoms with Crippen molar-refractivity contribution in [2.45, 2.75) is 43.5 Å². The van der Waals surface area contributed by atoms with Crippen molar-refractivity contribution < 1.29 is 17.6 Å². The fourth-order valence-electron chi connectivity index (χ4n) is 3.32. The van der Waals surface area contributed by atoms with E-state index in [2.05, 4.69) is 17.0 Å². The molecule has 0 spiro atoms. The molecule has 7 heteroatoms. The lowest BCUT2D eigenvalue weighted by atomic mass is 9.86. The summed E-state index contributed by atoms with van der Waals surface area (Å²) in [6, 6.07) is 11.1. The van der Waals surface area contributed by atoms with E-state index in [1.807, 2.05) is 0 Å². The molecule has 1 fully saturated rings. The van der Waals surface area contributed by atoms with Crippen LogP contribution in [0.3, 0.4) is 0 Å². The number of halogens is 1. The number of anilines is 1. The summed E-state index contributed by atoms with van der Waals surface area (Å²) >= 11 is 0. The second-order valence-electron chi connectivity index (χ2n) is 6.98. The average molecular weight is 390 g/mol. The van der Waals surface area contributed by atoms with Crippen molar-refractivity contribution in [2.75, 3.05) is 4.72 Å². The van der Waals surface area contributed by atoms with Gasteiger partial charge in [0.2, 0.25) is 0 Å². The molecule has 0 aromatic heterocycles. The molecular weight excluding hydrogens is 367 g/mol. The zero-order valence-corrected chi connectivity index (χ0v) is 15.9. The van der Waals surface area contributed by atoms with Gasteiger partial charge < -0.3 is 5.32 Å². The van der Waals surface area contributed by atoms with E-state index < -0.39 is 15.8 Å². The van der Waals surface area contributed by atoms with Gasteiger partial charge in [-0.3, -0.25) is 9.52 Å². The van der Waals surface area contributed by atoms with E-state index >= 15 is 0 Å². The summed E-state index contributed by atoms with van der Waals surface area (Å²) in [6.07, 6.45) is 4.29. The van der Waals surface area contributed by atoms with Gasteiger partial charge in [-0.15, -0.1) is 0 Å². The fraction of sp³-hybridized carbons (Fsp3) is 0.350. The zero-order valence-electron chi connectivity index (χ0n) is 15.1. The normalized spacial score (nSPS) is 20.1. The van der Waals surface area contributed by atoms with Crippen molar-refractivity contribution in [1.29, 1.82) is 0 Å². The molecule has 5 nitrogen and oxygen atoms in total. The van der Waals surface area contributed by atoms with E-state index in [0.717, 1.165) is 19.3 Å². The Labute approximate surface area is 159 Å². The number of nitrogens with one attached hydrogen (secondary N) is 2. The summed E-state index contributed by atoms with van der Waals surface area (Å²) in [5.74, 6) is -0.309. The number of hydrogen-bond donors (Lipinski definition) is 2. The van der Waals surface area contributed by atoms with Gasteiger partial charge >= 0.3 is 0 Å². The van der Waals surface area contributed by atoms with Crippen molar-refractivity contribution in [3.63, 3.8) is 0 Å². The average Bonchev–Trinajstić information content (AvgIpc) is 2.65. The lowest BCUT2D eigenvalue weighted by Gasteiger charge is -2.29. The predicted octanol–water partition coefficient (Wildman–Crippen LogP) is 3.94. The van der Waals surface area contributed by atoms with Gasteiger partial charge in [0, 0.05) is 17.3 Å². The molecule has 144 valence electrons. The van der Waals surface area contributed by atoms with Gasteiger partial charge in [0.1, 0.15) is 5.82 Å². The van der Waals surface area contributed by atoms with E-state index in [9.17, 15) is 17.6 Å². The Bertz CT molecular complexity index is 913. The molecule has 1 aliphatic carbocycles. The van der Waals surface area contributed by atoms with Crippen molar-refractivity contribution in [2.24, 2.45) is 5.92 Å². The molecular formula is C20H23FN2O3S. The van der Waals surface area contributed by atoms with E-state index in [-0.39, 0.29) is 22.5 Å². The molecule has 1 aliphatic rings. The van der Waals surface area contributed by atoms with Crippen molar-refractivity contribution >= 4 is 21.6 Å². The van der Waals surface area contributed by atoms with Gasteiger partial charge in [-0.1, -0.05) is 25.8 Å². The molecule has 3 rings (SSSR count). The summed E-state index contributed by atoms with van der Waals surface area (Å²) in [4.78, 5) is 12.5. The van der Waals surface area contributed by atoms with Crippen molar-refractivity contribution in [3.8, 4) is 0 Å². The Morgan fingerprint density at radius 1 is 1.07 bits per heavy atom. The first-order chi connectivity index (χ1) is 12.8. The van der Waals surface area contributed by atoms with E-state index in [0.29, 0.717) is 11.5 Å². The van der Waals surface area contributed by atoms with Crippen LogP contribution in [0, 0.1) is 11.7 Å². The molecule has 0 radical (unpaired) electrons. The molecule has 27 heavy (non-hydrogen) atoms. The summed E-state index contributed by atoms with van der Waals surface area (Å²) in [5.41, 5.74) is 0.553. The Kier molecular flexibility index (Phi) is 5.79. The smallest absolute Gasteiger partial charge is 0.261 e. The number of benzene rings is 2. The first-order valence-electron chi connectivity index (χ1n) is 9.04. The lowest BCUT2D eigenvalue weighted by molar-refractivity contribution is 0.0910. The Balaban J connectivity index is 1.75. The van der Waals surface area contributed by atoms with Crippen LogP contribution in [0.25, 0.3) is 0 Å². The monoisotopic (exact) mass is 390 g/mol. The van der Waals surface area contributed by atoms with Crippen molar-refractivity contribution in [3.05, 3.63) is 59.9 Å². The maximum Gasteiger partial charge on any atom is 0.261 e. The summed E-state index contributed by atoms with van der Waals surface area (Å²) in [7, 11) is -3.88. The van der Waals surface area contributed by atoms with Gasteiger partial charge in [-0.2, -0.15) is 0 Å². The molecule has 1 amide bonds. The number of rotatable bonds is 5. The van der Waals surface area contributed by atoms with Crippen LogP contribution < -0.4 is 10.0 Å². The van der Waals surface area contributed by atoms with E-state index in [4.69, 9.17) is 0 Å². The molecule has 0 unspecified atom stereocenters. The Morgan fingerprint density at radius 2 is 1.78 bits per heavy atom. The first kappa shape index (κ1) is 19.4. The second kappa shape index (κ2) is 8.08. The standard InChI is InChI=1S/C20H23FN2O3S/c1-14-5-2-3-8-19(14)22-20(24)15-6-4-7-18(13-15)27(25,26)23-17-11-9-16(21)10-12-17/h4,6-7,9-14,19,23H,2-3,5,8H2,1H3,(H,22,24)/t14-,19+/m1/s1. The zero-order chi connectivity index (χ0) is 19.4. The number of amides is 1. The highest BCUT2D eigenvalue weighted by Gasteiger charge is 2.24. The molecule has 2 aromatic carbocycles. The van der Waals surface area contributed by atoms with Gasteiger partial charge in [-0.05, 0) is 61.2 Å². The maximum atomic E-state index is 13.0.